The molecule has 0 aliphatic carbocycles. The molecule has 1 fully saturated rings. The molecule has 0 saturated carbocycles. The SMILES string of the molecule is CN1CCN(c2cnc(Sc3cccc(NC(=O)C(N)Cc4cnc[nH]4)c3)cc2OCc2ccccc2)CC1. The summed E-state index contributed by atoms with van der Waals surface area (Å²) in [6.45, 7) is 4.33. The predicted molar refractivity (Wildman–Crippen MR) is 154 cm³/mol. The number of benzene rings is 2. The largest absolute Gasteiger partial charge is 0.487 e. The molecule has 202 valence electrons. The summed E-state index contributed by atoms with van der Waals surface area (Å²) < 4.78 is 6.34. The van der Waals surface area contributed by atoms with Gasteiger partial charge in [-0.15, -0.1) is 0 Å². The molecule has 2 aromatic heterocycles. The van der Waals surface area contributed by atoms with Gasteiger partial charge in [0.2, 0.25) is 5.91 Å². The number of hydrogen-bond acceptors (Lipinski definition) is 8. The topological polar surface area (TPSA) is 112 Å². The highest BCUT2D eigenvalue weighted by Gasteiger charge is 2.20. The quantitative estimate of drug-likeness (QED) is 0.277. The summed E-state index contributed by atoms with van der Waals surface area (Å²) in [6.07, 6.45) is 5.54. The maximum atomic E-state index is 12.6. The van der Waals surface area contributed by atoms with Crippen LogP contribution in [0.3, 0.4) is 0 Å². The molecule has 1 atom stereocenters. The van der Waals surface area contributed by atoms with Gasteiger partial charge in [0.05, 0.1) is 24.3 Å². The number of nitrogens with one attached hydrogen (secondary N) is 2. The van der Waals surface area contributed by atoms with Crippen LogP contribution in [0.4, 0.5) is 11.4 Å². The number of pyridine rings is 1. The van der Waals surface area contributed by atoms with E-state index in [2.05, 4.69) is 44.3 Å². The molecule has 1 saturated heterocycles. The van der Waals surface area contributed by atoms with Crippen molar-refractivity contribution in [2.45, 2.75) is 29.0 Å². The predicted octanol–water partition coefficient (Wildman–Crippen LogP) is 3.80. The van der Waals surface area contributed by atoms with Crippen LogP contribution in [-0.2, 0) is 17.8 Å². The van der Waals surface area contributed by atoms with Crippen molar-refractivity contribution in [2.75, 3.05) is 43.4 Å². The van der Waals surface area contributed by atoms with Crippen molar-refractivity contribution in [2.24, 2.45) is 5.73 Å². The van der Waals surface area contributed by atoms with Crippen LogP contribution in [0.25, 0.3) is 0 Å². The molecule has 10 heteroatoms. The molecule has 5 rings (SSSR count). The fourth-order valence-electron chi connectivity index (χ4n) is 4.32. The first-order chi connectivity index (χ1) is 19.0. The van der Waals surface area contributed by atoms with E-state index >= 15 is 0 Å². The minimum atomic E-state index is -0.685. The standard InChI is InChI=1S/C29H33N7O2S/c1-35-10-12-36(13-11-35)26-18-32-28(16-27(26)38-19-21-6-3-2-4-7-21)39-24-9-5-8-22(14-24)34-29(37)25(30)15-23-17-31-20-33-23/h2-9,14,16-18,20,25H,10-13,15,19,30H2,1H3,(H,31,33)(H,34,37). The highest BCUT2D eigenvalue weighted by Crippen LogP contribution is 2.35. The van der Waals surface area contributed by atoms with Gasteiger partial charge in [0, 0.05) is 61.1 Å². The van der Waals surface area contributed by atoms with E-state index in [9.17, 15) is 4.79 Å². The Bertz CT molecular complexity index is 1360. The molecule has 1 unspecified atom stereocenters. The summed E-state index contributed by atoms with van der Waals surface area (Å²) in [5.41, 5.74) is 9.71. The summed E-state index contributed by atoms with van der Waals surface area (Å²) in [4.78, 5) is 30.0. The van der Waals surface area contributed by atoms with Crippen molar-refractivity contribution in [1.29, 1.82) is 0 Å². The number of ether oxygens (including phenoxy) is 1. The monoisotopic (exact) mass is 543 g/mol. The van der Waals surface area contributed by atoms with Crippen molar-refractivity contribution in [3.8, 4) is 5.75 Å². The number of imidazole rings is 1. The van der Waals surface area contributed by atoms with Gasteiger partial charge in [0.1, 0.15) is 17.4 Å². The molecular formula is C29H33N7O2S. The first-order valence-corrected chi connectivity index (χ1v) is 13.8. The zero-order valence-corrected chi connectivity index (χ0v) is 22.7. The van der Waals surface area contributed by atoms with Crippen LogP contribution >= 0.6 is 11.8 Å². The van der Waals surface area contributed by atoms with Crippen molar-refractivity contribution in [3.63, 3.8) is 0 Å². The molecule has 9 nitrogen and oxygen atoms in total. The number of carbonyl (C=O) groups is 1. The van der Waals surface area contributed by atoms with Crippen LogP contribution in [0.5, 0.6) is 5.75 Å². The van der Waals surface area contributed by atoms with Gasteiger partial charge in [0.15, 0.2) is 0 Å². The lowest BCUT2D eigenvalue weighted by atomic mass is 10.1. The number of amides is 1. The number of hydrogen-bond donors (Lipinski definition) is 3. The molecule has 0 spiro atoms. The number of aromatic nitrogens is 3. The summed E-state index contributed by atoms with van der Waals surface area (Å²) in [6, 6.07) is 19.2. The van der Waals surface area contributed by atoms with Crippen molar-refractivity contribution in [1.82, 2.24) is 19.9 Å². The Kier molecular flexibility index (Phi) is 8.77. The second-order valence-electron chi connectivity index (χ2n) is 9.56. The first-order valence-electron chi connectivity index (χ1n) is 13.0. The van der Waals surface area contributed by atoms with Gasteiger partial charge in [-0.05, 0) is 30.8 Å². The summed E-state index contributed by atoms with van der Waals surface area (Å²) >= 11 is 1.52. The lowest BCUT2D eigenvalue weighted by Crippen LogP contribution is -2.44. The minimum Gasteiger partial charge on any atom is -0.487 e. The number of likely N-dealkylation sites (N-methyl/N-ethyl adjacent to an activating group) is 1. The maximum Gasteiger partial charge on any atom is 0.241 e. The van der Waals surface area contributed by atoms with E-state index in [1.54, 1.807) is 12.5 Å². The minimum absolute atomic E-state index is 0.252. The van der Waals surface area contributed by atoms with Crippen LogP contribution in [0.1, 0.15) is 11.3 Å². The second kappa shape index (κ2) is 12.8. The molecule has 39 heavy (non-hydrogen) atoms. The molecule has 1 amide bonds. The molecule has 2 aromatic carbocycles. The van der Waals surface area contributed by atoms with E-state index in [-0.39, 0.29) is 5.91 Å². The molecular weight excluding hydrogens is 510 g/mol. The van der Waals surface area contributed by atoms with Crippen molar-refractivity contribution < 1.29 is 9.53 Å². The van der Waals surface area contributed by atoms with E-state index in [1.165, 1.54) is 11.8 Å². The van der Waals surface area contributed by atoms with E-state index in [0.717, 1.165) is 58.8 Å². The molecule has 4 N–H and O–H groups in total. The van der Waals surface area contributed by atoms with Crippen LogP contribution in [0, 0.1) is 0 Å². The number of nitrogens with two attached hydrogens (primary N) is 1. The Morgan fingerprint density at radius 2 is 1.92 bits per heavy atom. The number of aromatic amines is 1. The number of carbonyl (C=O) groups excluding carboxylic acids is 1. The van der Waals surface area contributed by atoms with Crippen LogP contribution in [0.2, 0.25) is 0 Å². The van der Waals surface area contributed by atoms with Gasteiger partial charge >= 0.3 is 0 Å². The Balaban J connectivity index is 1.29. The highest BCUT2D eigenvalue weighted by atomic mass is 32.2. The smallest absolute Gasteiger partial charge is 0.241 e. The third kappa shape index (κ3) is 7.38. The van der Waals surface area contributed by atoms with E-state index < -0.39 is 6.04 Å². The summed E-state index contributed by atoms with van der Waals surface area (Å²) in [5, 5.41) is 3.73. The van der Waals surface area contributed by atoms with Crippen LogP contribution in [-0.4, -0.2) is 65.0 Å². The highest BCUT2D eigenvalue weighted by molar-refractivity contribution is 7.99. The lowest BCUT2D eigenvalue weighted by Gasteiger charge is -2.34. The van der Waals surface area contributed by atoms with Crippen LogP contribution < -0.4 is 20.7 Å². The third-order valence-electron chi connectivity index (χ3n) is 6.56. The van der Waals surface area contributed by atoms with E-state index in [4.69, 9.17) is 15.5 Å². The van der Waals surface area contributed by atoms with Gasteiger partial charge in [-0.2, -0.15) is 0 Å². The Hall–Kier alpha value is -3.86. The Morgan fingerprint density at radius 3 is 2.69 bits per heavy atom. The molecule has 4 aromatic rings. The molecule has 1 aliphatic rings. The zero-order chi connectivity index (χ0) is 27.0. The molecule has 0 radical (unpaired) electrons. The number of nitrogens with zero attached hydrogens (tertiary/aromatic N) is 4. The zero-order valence-electron chi connectivity index (χ0n) is 21.9. The maximum absolute atomic E-state index is 12.6. The van der Waals surface area contributed by atoms with Crippen LogP contribution in [0.15, 0.2) is 89.3 Å². The Morgan fingerprint density at radius 1 is 1.10 bits per heavy atom. The normalized spacial score (nSPS) is 14.7. The number of anilines is 2. The van der Waals surface area contributed by atoms with Crippen molar-refractivity contribution >= 4 is 29.0 Å². The van der Waals surface area contributed by atoms with Gasteiger partial charge in [0.25, 0.3) is 0 Å². The molecule has 1 aliphatic heterocycles. The van der Waals surface area contributed by atoms with Gasteiger partial charge in [-0.3, -0.25) is 4.79 Å². The fourth-order valence-corrected chi connectivity index (χ4v) is 5.17. The van der Waals surface area contributed by atoms with Gasteiger partial charge in [-0.25, -0.2) is 9.97 Å². The lowest BCUT2D eigenvalue weighted by molar-refractivity contribution is -0.117. The molecule has 0 bridgehead atoms. The average molecular weight is 544 g/mol. The number of piperazine rings is 1. The Labute approximate surface area is 232 Å². The average Bonchev–Trinajstić information content (AvgIpc) is 3.46. The summed E-state index contributed by atoms with van der Waals surface area (Å²) in [7, 11) is 2.14. The fraction of sp³-hybridized carbons (Fsp3) is 0.276. The van der Waals surface area contributed by atoms with E-state index in [0.29, 0.717) is 18.7 Å². The van der Waals surface area contributed by atoms with Gasteiger partial charge in [-0.1, -0.05) is 48.2 Å². The number of H-pyrrole nitrogens is 1. The third-order valence-corrected chi connectivity index (χ3v) is 7.48. The number of rotatable bonds is 10. The van der Waals surface area contributed by atoms with Gasteiger partial charge < -0.3 is 30.6 Å². The van der Waals surface area contributed by atoms with E-state index in [1.807, 2.05) is 54.7 Å². The molecule has 3 heterocycles. The summed E-state index contributed by atoms with van der Waals surface area (Å²) in [5.74, 6) is 0.563. The first kappa shape index (κ1) is 26.7. The van der Waals surface area contributed by atoms with Crippen molar-refractivity contribution in [3.05, 3.63) is 90.6 Å². The second-order valence-corrected chi connectivity index (χ2v) is 10.7.